The molecule has 0 aromatic carbocycles. The Labute approximate surface area is 142 Å². The van der Waals surface area contributed by atoms with Crippen molar-refractivity contribution in [3.05, 3.63) is 18.5 Å². The molecule has 134 valence electrons. The van der Waals surface area contributed by atoms with Crippen molar-refractivity contribution in [3.63, 3.8) is 0 Å². The van der Waals surface area contributed by atoms with Crippen LogP contribution >= 0.6 is 0 Å². The molecule has 0 unspecified atom stereocenters. The van der Waals surface area contributed by atoms with E-state index in [-0.39, 0.29) is 5.91 Å². The first kappa shape index (κ1) is 18.6. The molecule has 1 N–H and O–H groups in total. The number of nitrogens with zero attached hydrogens (tertiary/aromatic N) is 5. The summed E-state index contributed by atoms with van der Waals surface area (Å²) in [6.45, 7) is 2.15. The van der Waals surface area contributed by atoms with Gasteiger partial charge in [-0.25, -0.2) is 9.97 Å². The average molecular weight is 356 g/mol. The zero-order chi connectivity index (χ0) is 17.6. The molecule has 2 heterocycles. The van der Waals surface area contributed by atoms with Gasteiger partial charge in [-0.15, -0.1) is 0 Å². The van der Waals surface area contributed by atoms with Crippen LogP contribution in [0.2, 0.25) is 0 Å². The number of nitrogens with one attached hydrogen (secondary N) is 1. The van der Waals surface area contributed by atoms with Crippen molar-refractivity contribution in [1.82, 2.24) is 23.5 Å². The second-order valence-corrected chi connectivity index (χ2v) is 7.82. The highest BCUT2D eigenvalue weighted by Crippen LogP contribution is 2.11. The Kier molecular flexibility index (Phi) is 6.46. The summed E-state index contributed by atoms with van der Waals surface area (Å²) in [5.74, 6) is 0.597. The molecule has 24 heavy (non-hydrogen) atoms. The number of amides is 1. The van der Waals surface area contributed by atoms with E-state index in [1.54, 1.807) is 23.4 Å². The van der Waals surface area contributed by atoms with E-state index in [2.05, 4.69) is 15.3 Å². The number of carbonyl (C=O) groups excluding carboxylic acids is 1. The van der Waals surface area contributed by atoms with Crippen molar-refractivity contribution < 1.29 is 13.2 Å². The first-order chi connectivity index (χ1) is 11.4. The topological polar surface area (TPSA) is 98.7 Å². The first-order valence-corrected chi connectivity index (χ1v) is 9.27. The van der Waals surface area contributed by atoms with E-state index in [4.69, 9.17) is 0 Å². The van der Waals surface area contributed by atoms with Crippen LogP contribution in [0.3, 0.4) is 0 Å². The molecule has 0 atom stereocenters. The molecule has 1 amide bonds. The zero-order valence-electron chi connectivity index (χ0n) is 14.1. The summed E-state index contributed by atoms with van der Waals surface area (Å²) in [7, 11) is -0.375. The van der Waals surface area contributed by atoms with Crippen LogP contribution in [0.25, 0.3) is 0 Å². The van der Waals surface area contributed by atoms with Crippen LogP contribution in [0, 0.1) is 0 Å². The molecule has 0 saturated carbocycles. The van der Waals surface area contributed by atoms with Crippen molar-refractivity contribution >= 4 is 22.1 Å². The fourth-order valence-electron chi connectivity index (χ4n) is 2.39. The number of anilines is 1. The predicted molar refractivity (Wildman–Crippen MR) is 90.5 cm³/mol. The maximum Gasteiger partial charge on any atom is 0.281 e. The largest absolute Gasteiger partial charge is 0.354 e. The van der Waals surface area contributed by atoms with Crippen LogP contribution in [-0.2, 0) is 15.0 Å². The number of aromatic nitrogens is 2. The Morgan fingerprint density at radius 2 is 1.83 bits per heavy atom. The molecule has 0 spiro atoms. The molecular weight excluding hydrogens is 332 g/mol. The molecule has 10 heteroatoms. The van der Waals surface area contributed by atoms with E-state index in [0.717, 1.165) is 0 Å². The van der Waals surface area contributed by atoms with Gasteiger partial charge in [0.1, 0.15) is 0 Å². The molecule has 2 rings (SSSR count). The lowest BCUT2D eigenvalue weighted by atomic mass is 10.2. The first-order valence-electron chi connectivity index (χ1n) is 7.87. The summed E-state index contributed by atoms with van der Waals surface area (Å²) < 4.78 is 26.7. The lowest BCUT2D eigenvalue weighted by Crippen LogP contribution is -2.53. The van der Waals surface area contributed by atoms with Gasteiger partial charge in [0.25, 0.3) is 10.2 Å². The second kappa shape index (κ2) is 8.36. The van der Waals surface area contributed by atoms with Crippen LogP contribution in [-0.4, -0.2) is 84.6 Å². The van der Waals surface area contributed by atoms with Crippen LogP contribution < -0.4 is 5.32 Å². The Morgan fingerprint density at radius 1 is 1.21 bits per heavy atom. The van der Waals surface area contributed by atoms with Gasteiger partial charge < -0.3 is 10.2 Å². The molecule has 1 aliphatic heterocycles. The molecule has 0 radical (unpaired) electrons. The fraction of sp³-hybridized carbons (Fsp3) is 0.643. The number of hydrogen-bond acceptors (Lipinski definition) is 6. The third-order valence-corrected chi connectivity index (χ3v) is 5.74. The van der Waals surface area contributed by atoms with Gasteiger partial charge in [-0.05, 0) is 12.5 Å². The molecule has 9 nitrogen and oxygen atoms in total. The monoisotopic (exact) mass is 356 g/mol. The van der Waals surface area contributed by atoms with E-state index in [9.17, 15) is 13.2 Å². The predicted octanol–water partition coefficient (Wildman–Crippen LogP) is -0.381. The van der Waals surface area contributed by atoms with E-state index < -0.39 is 10.2 Å². The normalized spacial score (nSPS) is 16.4. The summed E-state index contributed by atoms with van der Waals surface area (Å²) in [6, 6.07) is 1.74. The third kappa shape index (κ3) is 4.86. The number of hydrogen-bond donors (Lipinski definition) is 1. The van der Waals surface area contributed by atoms with Gasteiger partial charge in [-0.1, -0.05) is 0 Å². The number of carbonyl (C=O) groups is 1. The van der Waals surface area contributed by atoms with Crippen molar-refractivity contribution in [2.24, 2.45) is 0 Å². The van der Waals surface area contributed by atoms with Gasteiger partial charge in [0.05, 0.1) is 0 Å². The van der Waals surface area contributed by atoms with Crippen molar-refractivity contribution in [3.8, 4) is 0 Å². The number of piperazine rings is 1. The molecular formula is C14H24N6O3S. The van der Waals surface area contributed by atoms with Crippen molar-refractivity contribution in [1.29, 1.82) is 0 Å². The lowest BCUT2D eigenvalue weighted by molar-refractivity contribution is -0.132. The molecule has 0 bridgehead atoms. The minimum absolute atomic E-state index is 0.0488. The zero-order valence-corrected chi connectivity index (χ0v) is 14.9. The minimum atomic E-state index is -3.40. The van der Waals surface area contributed by atoms with Gasteiger partial charge in [0.2, 0.25) is 11.9 Å². The SMILES string of the molecule is CN(C)S(=O)(=O)N1CCN(C(=O)CCCNc2ncccn2)CC1. The van der Waals surface area contributed by atoms with Gasteiger partial charge in [-0.2, -0.15) is 17.0 Å². The Bertz CT molecular complexity index is 629. The van der Waals surface area contributed by atoms with E-state index in [0.29, 0.717) is 51.5 Å². The Morgan fingerprint density at radius 3 is 2.42 bits per heavy atom. The molecule has 0 aliphatic carbocycles. The lowest BCUT2D eigenvalue weighted by Gasteiger charge is -2.35. The Balaban J connectivity index is 1.69. The van der Waals surface area contributed by atoms with Crippen LogP contribution in [0.1, 0.15) is 12.8 Å². The summed E-state index contributed by atoms with van der Waals surface area (Å²) in [5, 5.41) is 3.06. The fourth-order valence-corrected chi connectivity index (χ4v) is 3.47. The minimum Gasteiger partial charge on any atom is -0.354 e. The summed E-state index contributed by atoms with van der Waals surface area (Å²) in [5.41, 5.74) is 0. The maximum absolute atomic E-state index is 12.2. The van der Waals surface area contributed by atoms with E-state index in [1.807, 2.05) is 0 Å². The maximum atomic E-state index is 12.2. The molecule has 1 fully saturated rings. The number of rotatable bonds is 7. The van der Waals surface area contributed by atoms with Gasteiger partial charge in [-0.3, -0.25) is 4.79 Å². The molecule has 1 aromatic rings. The highest BCUT2D eigenvalue weighted by atomic mass is 32.2. The quantitative estimate of drug-likeness (QED) is 0.669. The molecule has 1 saturated heterocycles. The highest BCUT2D eigenvalue weighted by Gasteiger charge is 2.29. The smallest absolute Gasteiger partial charge is 0.281 e. The summed E-state index contributed by atoms with van der Waals surface area (Å²) >= 11 is 0. The van der Waals surface area contributed by atoms with Gasteiger partial charge >= 0.3 is 0 Å². The van der Waals surface area contributed by atoms with Crippen LogP contribution in [0.15, 0.2) is 18.5 Å². The molecule has 1 aliphatic rings. The summed E-state index contributed by atoms with van der Waals surface area (Å²) in [4.78, 5) is 22.0. The Hall–Kier alpha value is -1.78. The second-order valence-electron chi connectivity index (χ2n) is 5.67. The van der Waals surface area contributed by atoms with Crippen molar-refractivity contribution in [2.45, 2.75) is 12.8 Å². The standard InChI is InChI=1S/C14H24N6O3S/c1-18(2)24(22,23)20-11-9-19(10-12-20)13(21)5-3-6-15-14-16-7-4-8-17-14/h4,7-8H,3,5-6,9-12H2,1-2H3,(H,15,16,17). The van der Waals surface area contributed by atoms with E-state index >= 15 is 0 Å². The van der Waals surface area contributed by atoms with Crippen molar-refractivity contribution in [2.75, 3.05) is 52.1 Å². The van der Waals surface area contributed by atoms with E-state index in [1.165, 1.54) is 22.7 Å². The highest BCUT2D eigenvalue weighted by molar-refractivity contribution is 7.86. The third-order valence-electron chi connectivity index (χ3n) is 3.80. The average Bonchev–Trinajstić information content (AvgIpc) is 2.59. The van der Waals surface area contributed by atoms with Gasteiger partial charge in [0, 0.05) is 65.6 Å². The van der Waals surface area contributed by atoms with Gasteiger partial charge in [0.15, 0.2) is 0 Å². The van der Waals surface area contributed by atoms with Crippen LogP contribution in [0.4, 0.5) is 5.95 Å². The van der Waals surface area contributed by atoms with Crippen LogP contribution in [0.5, 0.6) is 0 Å². The molecule has 1 aromatic heterocycles. The summed E-state index contributed by atoms with van der Waals surface area (Å²) in [6.07, 6.45) is 4.40.